The Morgan fingerprint density at radius 3 is 2.56 bits per heavy atom. The summed E-state index contributed by atoms with van der Waals surface area (Å²) in [4.78, 5) is 0. The van der Waals surface area contributed by atoms with Crippen molar-refractivity contribution < 1.29 is 4.39 Å². The Kier molecular flexibility index (Phi) is 2.71. The van der Waals surface area contributed by atoms with Crippen LogP contribution in [0.15, 0.2) is 22.7 Å². The van der Waals surface area contributed by atoms with Crippen LogP contribution in [0.3, 0.4) is 0 Å². The molecule has 2 rings (SSSR count). The fourth-order valence-corrected chi connectivity index (χ4v) is 2.06. The third-order valence-corrected chi connectivity index (χ3v) is 2.98. The molecule has 0 radical (unpaired) electrons. The summed E-state index contributed by atoms with van der Waals surface area (Å²) in [6.45, 7) is 3.78. The van der Waals surface area contributed by atoms with Crippen molar-refractivity contribution in [3.8, 4) is 5.69 Å². The van der Waals surface area contributed by atoms with Gasteiger partial charge >= 0.3 is 0 Å². The lowest BCUT2D eigenvalue weighted by atomic mass is 10.2. The topological polar surface area (TPSA) is 43.8 Å². The van der Waals surface area contributed by atoms with E-state index in [0.717, 1.165) is 11.3 Å². The molecule has 16 heavy (non-hydrogen) atoms. The molecular formula is C11H11BrFN3. The standard InChI is InChI=1S/C11H11BrFN3/c1-6-3-8(12)9(13)5-10(6)16-7(2)4-11(14)15-16/h3-5H,1-2H3,(H2,14,15). The normalized spacial score (nSPS) is 10.8. The summed E-state index contributed by atoms with van der Waals surface area (Å²) < 4.78 is 15.6. The average molecular weight is 284 g/mol. The third kappa shape index (κ3) is 1.82. The van der Waals surface area contributed by atoms with Gasteiger partial charge in [0.15, 0.2) is 0 Å². The maximum Gasteiger partial charge on any atom is 0.146 e. The first-order valence-electron chi connectivity index (χ1n) is 4.77. The summed E-state index contributed by atoms with van der Waals surface area (Å²) in [6, 6.07) is 4.92. The molecule has 0 spiro atoms. The lowest BCUT2D eigenvalue weighted by molar-refractivity contribution is 0.617. The number of aryl methyl sites for hydroxylation is 2. The Morgan fingerprint density at radius 2 is 2.00 bits per heavy atom. The Morgan fingerprint density at radius 1 is 1.31 bits per heavy atom. The van der Waals surface area contributed by atoms with E-state index in [-0.39, 0.29) is 5.82 Å². The number of hydrogen-bond donors (Lipinski definition) is 1. The van der Waals surface area contributed by atoms with Gasteiger partial charge in [-0.05, 0) is 41.4 Å². The SMILES string of the molecule is Cc1cc(Br)c(F)cc1-n1nc(N)cc1C. The summed E-state index contributed by atoms with van der Waals surface area (Å²) in [5.41, 5.74) is 8.11. The van der Waals surface area contributed by atoms with Crippen molar-refractivity contribution in [1.29, 1.82) is 0 Å². The van der Waals surface area contributed by atoms with Gasteiger partial charge in [-0.25, -0.2) is 9.07 Å². The molecule has 0 atom stereocenters. The van der Waals surface area contributed by atoms with Crippen molar-refractivity contribution in [2.24, 2.45) is 0 Å². The Balaban J connectivity index is 2.64. The van der Waals surface area contributed by atoms with Gasteiger partial charge in [-0.1, -0.05) is 0 Å². The zero-order valence-corrected chi connectivity index (χ0v) is 10.5. The number of aromatic nitrogens is 2. The van der Waals surface area contributed by atoms with E-state index in [1.54, 1.807) is 16.8 Å². The van der Waals surface area contributed by atoms with E-state index >= 15 is 0 Å². The van der Waals surface area contributed by atoms with Crippen LogP contribution >= 0.6 is 15.9 Å². The van der Waals surface area contributed by atoms with Crippen molar-refractivity contribution in [1.82, 2.24) is 9.78 Å². The zero-order valence-electron chi connectivity index (χ0n) is 8.96. The highest BCUT2D eigenvalue weighted by Crippen LogP contribution is 2.24. The van der Waals surface area contributed by atoms with Crippen LogP contribution in [0, 0.1) is 19.7 Å². The predicted octanol–water partition coefficient (Wildman–Crippen LogP) is 2.97. The van der Waals surface area contributed by atoms with E-state index in [9.17, 15) is 4.39 Å². The van der Waals surface area contributed by atoms with E-state index in [2.05, 4.69) is 21.0 Å². The van der Waals surface area contributed by atoms with Crippen molar-refractivity contribution in [3.05, 3.63) is 39.7 Å². The molecule has 5 heteroatoms. The second-order valence-electron chi connectivity index (χ2n) is 3.68. The molecule has 2 N–H and O–H groups in total. The molecule has 0 saturated carbocycles. The molecule has 3 nitrogen and oxygen atoms in total. The summed E-state index contributed by atoms with van der Waals surface area (Å²) in [7, 11) is 0. The second kappa shape index (κ2) is 3.90. The van der Waals surface area contributed by atoms with Gasteiger partial charge in [0.1, 0.15) is 11.6 Å². The van der Waals surface area contributed by atoms with E-state index in [1.165, 1.54) is 6.07 Å². The molecule has 0 amide bonds. The molecule has 0 saturated heterocycles. The summed E-state index contributed by atoms with van der Waals surface area (Å²) in [5.74, 6) is 0.120. The first kappa shape index (κ1) is 11.1. The van der Waals surface area contributed by atoms with Crippen LogP contribution in [-0.2, 0) is 0 Å². The third-order valence-electron chi connectivity index (χ3n) is 2.37. The summed E-state index contributed by atoms with van der Waals surface area (Å²) >= 11 is 3.15. The van der Waals surface area contributed by atoms with Crippen LogP contribution in [0.1, 0.15) is 11.3 Å². The second-order valence-corrected chi connectivity index (χ2v) is 4.53. The molecule has 0 fully saturated rings. The highest BCUT2D eigenvalue weighted by molar-refractivity contribution is 9.10. The van der Waals surface area contributed by atoms with E-state index in [4.69, 9.17) is 5.73 Å². The van der Waals surface area contributed by atoms with Crippen molar-refractivity contribution in [2.45, 2.75) is 13.8 Å². The maximum atomic E-state index is 13.5. The molecular weight excluding hydrogens is 273 g/mol. The quantitative estimate of drug-likeness (QED) is 0.875. The van der Waals surface area contributed by atoms with Gasteiger partial charge in [-0.2, -0.15) is 5.10 Å². The van der Waals surface area contributed by atoms with Crippen LogP contribution in [0.4, 0.5) is 10.2 Å². The first-order chi connectivity index (χ1) is 7.49. The molecule has 1 heterocycles. The Bertz CT molecular complexity index is 548. The fourth-order valence-electron chi connectivity index (χ4n) is 1.61. The number of halogens is 2. The number of hydrogen-bond acceptors (Lipinski definition) is 2. The molecule has 0 aliphatic rings. The van der Waals surface area contributed by atoms with Crippen LogP contribution < -0.4 is 5.73 Å². The van der Waals surface area contributed by atoms with Crippen molar-refractivity contribution >= 4 is 21.7 Å². The van der Waals surface area contributed by atoms with Gasteiger partial charge in [0.05, 0.1) is 10.2 Å². The number of nitrogen functional groups attached to an aromatic ring is 1. The molecule has 1 aromatic carbocycles. The van der Waals surface area contributed by atoms with Crippen LogP contribution in [0.25, 0.3) is 5.69 Å². The Labute approximate surface area is 101 Å². The van der Waals surface area contributed by atoms with Gasteiger partial charge in [0.25, 0.3) is 0 Å². The molecule has 0 bridgehead atoms. The molecule has 0 unspecified atom stereocenters. The monoisotopic (exact) mass is 283 g/mol. The smallest absolute Gasteiger partial charge is 0.146 e. The molecule has 0 aliphatic heterocycles. The lowest BCUT2D eigenvalue weighted by Crippen LogP contribution is -2.03. The zero-order chi connectivity index (χ0) is 11.9. The van der Waals surface area contributed by atoms with Crippen LogP contribution in [0.2, 0.25) is 0 Å². The van der Waals surface area contributed by atoms with Crippen LogP contribution in [0.5, 0.6) is 0 Å². The van der Waals surface area contributed by atoms with Crippen molar-refractivity contribution in [3.63, 3.8) is 0 Å². The number of nitrogens with two attached hydrogens (primary N) is 1. The molecule has 2 aromatic rings. The number of rotatable bonds is 1. The molecule has 1 aromatic heterocycles. The number of nitrogens with zero attached hydrogens (tertiary/aromatic N) is 2. The van der Waals surface area contributed by atoms with E-state index in [0.29, 0.717) is 16.0 Å². The van der Waals surface area contributed by atoms with Gasteiger partial charge in [0, 0.05) is 17.8 Å². The fraction of sp³-hybridized carbons (Fsp3) is 0.182. The Hall–Kier alpha value is -1.36. The highest BCUT2D eigenvalue weighted by Gasteiger charge is 2.10. The molecule has 84 valence electrons. The predicted molar refractivity (Wildman–Crippen MR) is 65.1 cm³/mol. The largest absolute Gasteiger partial charge is 0.382 e. The summed E-state index contributed by atoms with van der Waals surface area (Å²) in [6.07, 6.45) is 0. The highest BCUT2D eigenvalue weighted by atomic mass is 79.9. The number of benzene rings is 1. The summed E-state index contributed by atoms with van der Waals surface area (Å²) in [5, 5.41) is 4.12. The van der Waals surface area contributed by atoms with E-state index in [1.807, 2.05) is 13.8 Å². The van der Waals surface area contributed by atoms with Crippen molar-refractivity contribution in [2.75, 3.05) is 5.73 Å². The minimum absolute atomic E-state index is 0.311. The van der Waals surface area contributed by atoms with Gasteiger partial charge in [-0.15, -0.1) is 0 Å². The first-order valence-corrected chi connectivity index (χ1v) is 5.56. The van der Waals surface area contributed by atoms with Crippen LogP contribution in [-0.4, -0.2) is 9.78 Å². The van der Waals surface area contributed by atoms with Gasteiger partial charge < -0.3 is 5.73 Å². The minimum atomic E-state index is -0.311. The average Bonchev–Trinajstić information content (AvgIpc) is 2.51. The maximum absolute atomic E-state index is 13.5. The minimum Gasteiger partial charge on any atom is -0.382 e. The molecule has 0 aliphatic carbocycles. The number of anilines is 1. The lowest BCUT2D eigenvalue weighted by Gasteiger charge is -2.09. The van der Waals surface area contributed by atoms with Gasteiger partial charge in [-0.3, -0.25) is 0 Å². The van der Waals surface area contributed by atoms with E-state index < -0.39 is 0 Å². The van der Waals surface area contributed by atoms with Gasteiger partial charge in [0.2, 0.25) is 0 Å².